The summed E-state index contributed by atoms with van der Waals surface area (Å²) in [6, 6.07) is 16.4. The number of halogens is 1. The van der Waals surface area contributed by atoms with Crippen LogP contribution in [0.5, 0.6) is 0 Å². The van der Waals surface area contributed by atoms with Gasteiger partial charge in [-0.05, 0) is 42.0 Å². The summed E-state index contributed by atoms with van der Waals surface area (Å²) in [5.74, 6) is 0.673. The van der Waals surface area contributed by atoms with E-state index in [1.54, 1.807) is 29.8 Å². The zero-order valence-corrected chi connectivity index (χ0v) is 14.0. The molecule has 0 unspecified atom stereocenters. The first kappa shape index (κ1) is 17.3. The molecule has 23 heavy (non-hydrogen) atoms. The summed E-state index contributed by atoms with van der Waals surface area (Å²) in [6.45, 7) is 1.02. The van der Waals surface area contributed by atoms with E-state index in [-0.39, 0.29) is 11.8 Å². The molecule has 0 aromatic heterocycles. The number of nitrogens with one attached hydrogen (secondary N) is 1. The number of urea groups is 1. The second kappa shape index (κ2) is 9.20. The zero-order valence-electron chi connectivity index (χ0n) is 13.2. The molecule has 2 aromatic carbocycles. The molecule has 5 heteroatoms. The van der Waals surface area contributed by atoms with E-state index < -0.39 is 0 Å². The van der Waals surface area contributed by atoms with Gasteiger partial charge < -0.3 is 10.2 Å². The van der Waals surface area contributed by atoms with Crippen LogP contribution in [0.4, 0.5) is 9.18 Å². The van der Waals surface area contributed by atoms with Gasteiger partial charge in [-0.3, -0.25) is 0 Å². The number of nitrogens with zero attached hydrogens (tertiary/aromatic N) is 1. The van der Waals surface area contributed by atoms with E-state index in [4.69, 9.17) is 0 Å². The Kier molecular flexibility index (Phi) is 6.94. The molecule has 0 heterocycles. The normalized spacial score (nSPS) is 10.3. The van der Waals surface area contributed by atoms with E-state index in [0.29, 0.717) is 13.1 Å². The van der Waals surface area contributed by atoms with Crippen molar-refractivity contribution in [2.75, 3.05) is 19.3 Å². The Morgan fingerprint density at radius 3 is 2.70 bits per heavy atom. The van der Waals surface area contributed by atoms with Crippen molar-refractivity contribution in [1.82, 2.24) is 10.2 Å². The fourth-order valence-electron chi connectivity index (χ4n) is 2.09. The molecule has 3 nitrogen and oxygen atoms in total. The molecule has 0 saturated carbocycles. The monoisotopic (exact) mass is 332 g/mol. The lowest BCUT2D eigenvalue weighted by Crippen LogP contribution is -2.37. The van der Waals surface area contributed by atoms with Crippen LogP contribution in [0.1, 0.15) is 12.0 Å². The van der Waals surface area contributed by atoms with Crippen LogP contribution in [-0.4, -0.2) is 30.3 Å². The van der Waals surface area contributed by atoms with E-state index in [9.17, 15) is 9.18 Å². The van der Waals surface area contributed by atoms with Crippen molar-refractivity contribution in [3.05, 3.63) is 66.0 Å². The molecule has 0 aliphatic heterocycles. The van der Waals surface area contributed by atoms with Gasteiger partial charge in [0.25, 0.3) is 0 Å². The number of amides is 2. The highest BCUT2D eigenvalue weighted by Crippen LogP contribution is 2.17. The Labute approximate surface area is 140 Å². The van der Waals surface area contributed by atoms with Gasteiger partial charge in [-0.1, -0.05) is 30.3 Å². The summed E-state index contributed by atoms with van der Waals surface area (Å²) in [4.78, 5) is 14.8. The first-order valence-corrected chi connectivity index (χ1v) is 8.55. The van der Waals surface area contributed by atoms with Crippen LogP contribution in [0, 0.1) is 5.82 Å². The molecule has 122 valence electrons. The maximum atomic E-state index is 13.1. The molecular formula is C18H21FN2OS. The highest BCUT2D eigenvalue weighted by atomic mass is 32.2. The second-order valence-corrected chi connectivity index (χ2v) is 6.40. The molecule has 0 aliphatic carbocycles. The van der Waals surface area contributed by atoms with Gasteiger partial charge in [0.2, 0.25) is 0 Å². The summed E-state index contributed by atoms with van der Waals surface area (Å²) in [6.07, 6.45) is 0.902. The summed E-state index contributed by atoms with van der Waals surface area (Å²) in [5.41, 5.74) is 0.780. The van der Waals surface area contributed by atoms with Crippen molar-refractivity contribution in [3.63, 3.8) is 0 Å². The Balaban J connectivity index is 1.64. The molecule has 0 atom stereocenters. The number of hydrogen-bond donors (Lipinski definition) is 1. The van der Waals surface area contributed by atoms with Crippen LogP contribution in [0.15, 0.2) is 59.5 Å². The molecule has 2 rings (SSSR count). The molecule has 0 radical (unpaired) electrons. The fourth-order valence-corrected chi connectivity index (χ4v) is 2.96. The van der Waals surface area contributed by atoms with E-state index in [2.05, 4.69) is 17.4 Å². The summed E-state index contributed by atoms with van der Waals surface area (Å²) in [5, 5.41) is 2.88. The van der Waals surface area contributed by atoms with Gasteiger partial charge in [-0.15, -0.1) is 11.8 Å². The van der Waals surface area contributed by atoms with Crippen molar-refractivity contribution >= 4 is 17.8 Å². The highest BCUT2D eigenvalue weighted by Gasteiger charge is 2.08. The standard InChI is InChI=1S/C18H21FN2OS/c1-21(14-15-7-5-8-16(19)13-15)18(22)20-11-6-12-23-17-9-3-2-4-10-17/h2-5,7-10,13H,6,11-12,14H2,1H3,(H,20,22). The minimum Gasteiger partial charge on any atom is -0.338 e. The van der Waals surface area contributed by atoms with Crippen LogP contribution < -0.4 is 5.32 Å². The van der Waals surface area contributed by atoms with Crippen LogP contribution in [0.3, 0.4) is 0 Å². The molecule has 0 spiro atoms. The van der Waals surface area contributed by atoms with Crippen molar-refractivity contribution in [2.24, 2.45) is 0 Å². The molecule has 2 aromatic rings. The van der Waals surface area contributed by atoms with Crippen LogP contribution >= 0.6 is 11.8 Å². The third kappa shape index (κ3) is 6.32. The lowest BCUT2D eigenvalue weighted by atomic mass is 10.2. The van der Waals surface area contributed by atoms with Crippen molar-refractivity contribution < 1.29 is 9.18 Å². The number of rotatable bonds is 7. The molecule has 0 bridgehead atoms. The summed E-state index contributed by atoms with van der Waals surface area (Å²) < 4.78 is 13.1. The maximum Gasteiger partial charge on any atom is 0.317 e. The van der Waals surface area contributed by atoms with Crippen molar-refractivity contribution in [1.29, 1.82) is 0 Å². The Morgan fingerprint density at radius 2 is 1.96 bits per heavy atom. The highest BCUT2D eigenvalue weighted by molar-refractivity contribution is 7.99. The fraction of sp³-hybridized carbons (Fsp3) is 0.278. The lowest BCUT2D eigenvalue weighted by molar-refractivity contribution is 0.207. The minimum atomic E-state index is -0.283. The summed E-state index contributed by atoms with van der Waals surface area (Å²) >= 11 is 1.78. The summed E-state index contributed by atoms with van der Waals surface area (Å²) in [7, 11) is 1.71. The van der Waals surface area contributed by atoms with Gasteiger partial charge in [-0.2, -0.15) is 0 Å². The lowest BCUT2D eigenvalue weighted by Gasteiger charge is -2.18. The topological polar surface area (TPSA) is 32.3 Å². The smallest absolute Gasteiger partial charge is 0.317 e. The predicted octanol–water partition coefficient (Wildman–Crippen LogP) is 4.15. The third-order valence-corrected chi connectivity index (χ3v) is 4.36. The number of thioether (sulfide) groups is 1. The molecule has 0 aliphatic rings. The molecular weight excluding hydrogens is 311 g/mol. The van der Waals surface area contributed by atoms with Gasteiger partial charge in [0.15, 0.2) is 0 Å². The Hall–Kier alpha value is -2.01. The van der Waals surface area contributed by atoms with Gasteiger partial charge in [-0.25, -0.2) is 9.18 Å². The predicted molar refractivity (Wildman–Crippen MR) is 93.0 cm³/mol. The van der Waals surface area contributed by atoms with Gasteiger partial charge in [0.1, 0.15) is 5.82 Å². The number of benzene rings is 2. The largest absolute Gasteiger partial charge is 0.338 e. The number of carbonyl (C=O) groups is 1. The SMILES string of the molecule is CN(Cc1cccc(F)c1)C(=O)NCCCSc1ccccc1. The number of carbonyl (C=O) groups excluding carboxylic acids is 1. The molecule has 2 amide bonds. The first-order valence-electron chi connectivity index (χ1n) is 7.56. The Bertz CT molecular complexity index is 621. The molecule has 0 saturated heterocycles. The van der Waals surface area contributed by atoms with Crippen LogP contribution in [0.25, 0.3) is 0 Å². The number of hydrogen-bond acceptors (Lipinski definition) is 2. The van der Waals surface area contributed by atoms with Gasteiger partial charge in [0.05, 0.1) is 0 Å². The van der Waals surface area contributed by atoms with Gasteiger partial charge in [0, 0.05) is 25.0 Å². The Morgan fingerprint density at radius 1 is 1.17 bits per heavy atom. The van der Waals surface area contributed by atoms with Crippen molar-refractivity contribution in [2.45, 2.75) is 17.9 Å². The zero-order chi connectivity index (χ0) is 16.5. The van der Waals surface area contributed by atoms with E-state index in [1.807, 2.05) is 24.3 Å². The maximum absolute atomic E-state index is 13.1. The average Bonchev–Trinajstić information content (AvgIpc) is 2.55. The molecule has 1 N–H and O–H groups in total. The van der Waals surface area contributed by atoms with E-state index in [0.717, 1.165) is 17.7 Å². The third-order valence-electron chi connectivity index (χ3n) is 3.26. The minimum absolute atomic E-state index is 0.140. The first-order chi connectivity index (χ1) is 11.1. The second-order valence-electron chi connectivity index (χ2n) is 5.23. The van der Waals surface area contributed by atoms with Gasteiger partial charge >= 0.3 is 6.03 Å². The van der Waals surface area contributed by atoms with Crippen LogP contribution in [0.2, 0.25) is 0 Å². The molecule has 0 fully saturated rings. The van der Waals surface area contributed by atoms with E-state index in [1.165, 1.54) is 17.0 Å². The van der Waals surface area contributed by atoms with Crippen LogP contribution in [-0.2, 0) is 6.54 Å². The average molecular weight is 332 g/mol. The van der Waals surface area contributed by atoms with Crippen molar-refractivity contribution in [3.8, 4) is 0 Å². The van der Waals surface area contributed by atoms with E-state index >= 15 is 0 Å². The quantitative estimate of drug-likeness (QED) is 0.610.